The summed E-state index contributed by atoms with van der Waals surface area (Å²) in [6, 6.07) is 19.6. The molecule has 1 aromatic heterocycles. The molecule has 7 nitrogen and oxygen atoms in total. The first-order chi connectivity index (χ1) is 19.2. The topological polar surface area (TPSA) is 89.8 Å². The first kappa shape index (κ1) is 30.3. The van der Waals surface area contributed by atoms with E-state index in [2.05, 4.69) is 49.7 Å². The molecule has 7 heteroatoms. The zero-order valence-electron chi connectivity index (χ0n) is 24.5. The number of aliphatic carboxylic acids is 1. The molecule has 1 amide bonds. The van der Waals surface area contributed by atoms with Gasteiger partial charge in [-0.25, -0.2) is 4.79 Å². The van der Waals surface area contributed by atoms with Crippen molar-refractivity contribution in [1.29, 1.82) is 0 Å². The first-order valence-electron chi connectivity index (χ1n) is 13.7. The average Bonchev–Trinajstić information content (AvgIpc) is 3.20. The van der Waals surface area contributed by atoms with Gasteiger partial charge in [0.15, 0.2) is 18.1 Å². The minimum Gasteiger partial charge on any atom is -0.493 e. The monoisotopic (exact) mass is 544 g/mol. The number of hydrogen-bond acceptors (Lipinski definition) is 4. The number of hydrogen-bond donors (Lipinski definition) is 2. The molecule has 0 aliphatic carbocycles. The van der Waals surface area contributed by atoms with Crippen molar-refractivity contribution in [2.24, 2.45) is 0 Å². The van der Waals surface area contributed by atoms with Crippen LogP contribution in [0.1, 0.15) is 71.9 Å². The molecule has 2 N–H and O–H groups in total. The van der Waals surface area contributed by atoms with Gasteiger partial charge in [-0.15, -0.1) is 0 Å². The lowest BCUT2D eigenvalue weighted by atomic mass is 10.0. The van der Waals surface area contributed by atoms with Crippen molar-refractivity contribution in [3.63, 3.8) is 0 Å². The van der Waals surface area contributed by atoms with Crippen LogP contribution in [-0.4, -0.2) is 35.3 Å². The Morgan fingerprint density at radius 1 is 0.950 bits per heavy atom. The number of carboxylic acid groups (broad SMARTS) is 1. The maximum atomic E-state index is 13.0. The standard InChI is InChI=1S/C31H34N2O5.C2H6/c1-19(2)24-8-6-7-22(13-24)16-32-31(36)25-10-11-27-26(15-25)20(3)21(4)33(27)17-23-9-12-28(37-5)29(14-23)38-18-30(34)35;1-2/h6-15,19H,16-18H2,1-5H3,(H,32,36)(H,34,35);1-2H3. The molecule has 0 fully saturated rings. The van der Waals surface area contributed by atoms with Crippen molar-refractivity contribution in [2.75, 3.05) is 13.7 Å². The number of benzene rings is 3. The van der Waals surface area contributed by atoms with Crippen LogP contribution in [-0.2, 0) is 17.9 Å². The zero-order chi connectivity index (χ0) is 29.4. The largest absolute Gasteiger partial charge is 0.493 e. The van der Waals surface area contributed by atoms with E-state index >= 15 is 0 Å². The minimum absolute atomic E-state index is 0.109. The molecule has 0 radical (unpaired) electrons. The molecule has 0 saturated carbocycles. The van der Waals surface area contributed by atoms with Gasteiger partial charge in [0.25, 0.3) is 5.91 Å². The number of carbonyl (C=O) groups excluding carboxylic acids is 1. The molecule has 0 bridgehead atoms. The van der Waals surface area contributed by atoms with E-state index in [1.165, 1.54) is 12.7 Å². The number of aryl methyl sites for hydroxylation is 1. The number of carboxylic acids is 1. The predicted octanol–water partition coefficient (Wildman–Crippen LogP) is 6.86. The molecule has 1 heterocycles. The molecule has 4 rings (SSSR count). The summed E-state index contributed by atoms with van der Waals surface area (Å²) in [4.78, 5) is 24.0. The Bertz CT molecular complexity index is 1490. The molecule has 3 aromatic carbocycles. The molecule has 0 aliphatic heterocycles. The molecule has 0 atom stereocenters. The summed E-state index contributed by atoms with van der Waals surface area (Å²) in [5.41, 5.74) is 7.10. The van der Waals surface area contributed by atoms with Gasteiger partial charge in [0.1, 0.15) is 0 Å². The Kier molecular flexibility index (Phi) is 10.4. The van der Waals surface area contributed by atoms with Gasteiger partial charge in [-0.05, 0) is 72.4 Å². The lowest BCUT2D eigenvalue weighted by Gasteiger charge is -2.13. The second-order valence-corrected chi connectivity index (χ2v) is 9.78. The Balaban J connectivity index is 0.00000216. The summed E-state index contributed by atoms with van der Waals surface area (Å²) >= 11 is 0. The molecule has 0 aliphatic rings. The summed E-state index contributed by atoms with van der Waals surface area (Å²) in [6.45, 7) is 13.0. The molecular weight excluding hydrogens is 504 g/mol. The number of fused-ring (bicyclic) bond motifs is 1. The number of methoxy groups -OCH3 is 1. The highest BCUT2D eigenvalue weighted by Crippen LogP contribution is 2.31. The smallest absolute Gasteiger partial charge is 0.341 e. The predicted molar refractivity (Wildman–Crippen MR) is 160 cm³/mol. The Hall–Kier alpha value is -4.26. The number of nitrogens with one attached hydrogen (secondary N) is 1. The number of ether oxygens (including phenoxy) is 2. The highest BCUT2D eigenvalue weighted by Gasteiger charge is 2.16. The maximum Gasteiger partial charge on any atom is 0.341 e. The third-order valence-electron chi connectivity index (χ3n) is 6.89. The van der Waals surface area contributed by atoms with Crippen molar-refractivity contribution in [1.82, 2.24) is 9.88 Å². The molecule has 212 valence electrons. The van der Waals surface area contributed by atoms with Crippen LogP contribution >= 0.6 is 0 Å². The van der Waals surface area contributed by atoms with Crippen molar-refractivity contribution >= 4 is 22.8 Å². The van der Waals surface area contributed by atoms with Gasteiger partial charge in [0.2, 0.25) is 0 Å². The average molecular weight is 545 g/mol. The summed E-state index contributed by atoms with van der Waals surface area (Å²) in [6.07, 6.45) is 0. The SMILES string of the molecule is CC.COc1ccc(Cn2c(C)c(C)c3cc(C(=O)NCc4cccc(C(C)C)c4)ccc32)cc1OCC(=O)O. The maximum absolute atomic E-state index is 13.0. The fourth-order valence-corrected chi connectivity index (χ4v) is 4.60. The Labute approximate surface area is 236 Å². The van der Waals surface area contributed by atoms with Gasteiger partial charge < -0.3 is 24.5 Å². The zero-order valence-corrected chi connectivity index (χ0v) is 24.5. The number of rotatable bonds is 10. The van der Waals surface area contributed by atoms with E-state index in [1.807, 2.05) is 50.2 Å². The Morgan fingerprint density at radius 3 is 2.38 bits per heavy atom. The molecule has 40 heavy (non-hydrogen) atoms. The summed E-state index contributed by atoms with van der Waals surface area (Å²) in [5, 5.41) is 13.1. The van der Waals surface area contributed by atoms with Crippen molar-refractivity contribution in [3.8, 4) is 11.5 Å². The summed E-state index contributed by atoms with van der Waals surface area (Å²) in [5.74, 6) is 0.138. The van der Waals surface area contributed by atoms with Crippen LogP contribution in [0.2, 0.25) is 0 Å². The van der Waals surface area contributed by atoms with Gasteiger partial charge in [0.05, 0.1) is 7.11 Å². The summed E-state index contributed by atoms with van der Waals surface area (Å²) < 4.78 is 12.9. The van der Waals surface area contributed by atoms with Crippen LogP contribution in [0.3, 0.4) is 0 Å². The van der Waals surface area contributed by atoms with Crippen molar-refractivity contribution in [3.05, 3.63) is 94.2 Å². The highest BCUT2D eigenvalue weighted by atomic mass is 16.5. The second-order valence-electron chi connectivity index (χ2n) is 9.78. The van der Waals surface area contributed by atoms with E-state index in [0.717, 1.165) is 33.3 Å². The normalized spacial score (nSPS) is 10.7. The molecule has 0 spiro atoms. The number of nitrogens with zero attached hydrogens (tertiary/aromatic N) is 1. The fraction of sp³-hybridized carbons (Fsp3) is 0.333. The van der Waals surface area contributed by atoms with Crippen molar-refractivity contribution < 1.29 is 24.2 Å². The molecule has 0 saturated heterocycles. The lowest BCUT2D eigenvalue weighted by molar-refractivity contribution is -0.139. The van der Waals surface area contributed by atoms with E-state index in [4.69, 9.17) is 14.6 Å². The summed E-state index contributed by atoms with van der Waals surface area (Å²) in [7, 11) is 1.52. The fourth-order valence-electron chi connectivity index (χ4n) is 4.60. The van der Waals surface area contributed by atoms with E-state index < -0.39 is 12.6 Å². The second kappa shape index (κ2) is 13.7. The molecule has 4 aromatic rings. The van der Waals surface area contributed by atoms with Gasteiger partial charge in [-0.2, -0.15) is 0 Å². The third kappa shape index (κ3) is 7.03. The van der Waals surface area contributed by atoms with Crippen LogP contribution < -0.4 is 14.8 Å². The highest BCUT2D eigenvalue weighted by molar-refractivity contribution is 5.99. The minimum atomic E-state index is -1.05. The third-order valence-corrected chi connectivity index (χ3v) is 6.89. The first-order valence-corrected chi connectivity index (χ1v) is 13.7. The van der Waals surface area contributed by atoms with E-state index in [1.54, 1.807) is 12.1 Å². The van der Waals surface area contributed by atoms with E-state index in [0.29, 0.717) is 36.1 Å². The molecule has 0 unspecified atom stereocenters. The van der Waals surface area contributed by atoms with Crippen LogP contribution in [0, 0.1) is 13.8 Å². The quantitative estimate of drug-likeness (QED) is 0.228. The van der Waals surface area contributed by atoms with Crippen LogP contribution in [0.25, 0.3) is 10.9 Å². The van der Waals surface area contributed by atoms with Gasteiger partial charge >= 0.3 is 5.97 Å². The van der Waals surface area contributed by atoms with Gasteiger partial charge in [0, 0.05) is 35.2 Å². The van der Waals surface area contributed by atoms with Crippen LogP contribution in [0.4, 0.5) is 0 Å². The van der Waals surface area contributed by atoms with E-state index in [9.17, 15) is 9.59 Å². The van der Waals surface area contributed by atoms with Crippen LogP contribution in [0.15, 0.2) is 60.7 Å². The Morgan fingerprint density at radius 2 is 1.70 bits per heavy atom. The van der Waals surface area contributed by atoms with Crippen molar-refractivity contribution in [2.45, 2.75) is 60.5 Å². The van der Waals surface area contributed by atoms with E-state index in [-0.39, 0.29) is 5.91 Å². The van der Waals surface area contributed by atoms with Gasteiger partial charge in [-0.1, -0.05) is 58.0 Å². The number of aromatic nitrogens is 1. The van der Waals surface area contributed by atoms with Gasteiger partial charge in [-0.3, -0.25) is 4.79 Å². The number of amides is 1. The van der Waals surface area contributed by atoms with Crippen LogP contribution in [0.5, 0.6) is 11.5 Å². The number of carbonyl (C=O) groups is 2. The lowest BCUT2D eigenvalue weighted by Crippen LogP contribution is -2.22. The molecular formula is C33H40N2O5.